The summed E-state index contributed by atoms with van der Waals surface area (Å²) in [7, 11) is 0. The third-order valence-electron chi connectivity index (χ3n) is 3.52. The molecule has 2 heterocycles. The maximum Gasteiger partial charge on any atom is 0.245 e. The molecule has 0 saturated carbocycles. The van der Waals surface area contributed by atoms with Gasteiger partial charge in [-0.25, -0.2) is 0 Å². The maximum atomic E-state index is 12.4. The number of hydrogen-bond acceptors (Lipinski definition) is 5. The molecule has 2 unspecified atom stereocenters. The highest BCUT2D eigenvalue weighted by molar-refractivity contribution is 5.88. The second-order valence-corrected chi connectivity index (χ2v) is 5.00. The lowest BCUT2D eigenvalue weighted by atomic mass is 10.1. The van der Waals surface area contributed by atoms with Crippen LogP contribution in [0.3, 0.4) is 0 Å². The molecule has 0 spiro atoms. The van der Waals surface area contributed by atoms with Crippen LogP contribution in [0.5, 0.6) is 0 Å². The highest BCUT2D eigenvalue weighted by atomic mass is 16.5. The number of rotatable bonds is 4. The molecule has 0 aromatic carbocycles. The molecule has 2 atom stereocenters. The van der Waals surface area contributed by atoms with Gasteiger partial charge in [-0.2, -0.15) is 0 Å². The van der Waals surface area contributed by atoms with Gasteiger partial charge in [0.05, 0.1) is 26.4 Å². The summed E-state index contributed by atoms with van der Waals surface area (Å²) in [6.45, 7) is 5.62. The monoisotopic (exact) mass is 285 g/mol. The van der Waals surface area contributed by atoms with Gasteiger partial charge >= 0.3 is 0 Å². The van der Waals surface area contributed by atoms with E-state index in [9.17, 15) is 9.59 Å². The molecule has 2 aliphatic heterocycles. The quantitative estimate of drug-likeness (QED) is 0.673. The van der Waals surface area contributed by atoms with Crippen LogP contribution in [0.1, 0.15) is 13.3 Å². The van der Waals surface area contributed by atoms with Gasteiger partial charge < -0.3 is 25.0 Å². The van der Waals surface area contributed by atoms with Crippen LogP contribution >= 0.6 is 0 Å². The number of morpholine rings is 2. The maximum absolute atomic E-state index is 12.4. The zero-order valence-electron chi connectivity index (χ0n) is 11.9. The highest BCUT2D eigenvalue weighted by Crippen LogP contribution is 2.11. The second-order valence-electron chi connectivity index (χ2n) is 5.00. The second kappa shape index (κ2) is 7.56. The molecule has 114 valence electrons. The summed E-state index contributed by atoms with van der Waals surface area (Å²) >= 11 is 0. The van der Waals surface area contributed by atoms with Crippen molar-refractivity contribution >= 4 is 11.8 Å². The fraction of sp³-hybridized carbons (Fsp3) is 0.846. The Labute approximate surface area is 119 Å². The van der Waals surface area contributed by atoms with Crippen molar-refractivity contribution in [3.05, 3.63) is 0 Å². The Kier molecular flexibility index (Phi) is 5.75. The Bertz CT molecular complexity index is 345. The van der Waals surface area contributed by atoms with E-state index in [0.29, 0.717) is 39.3 Å². The molecule has 0 radical (unpaired) electrons. The summed E-state index contributed by atoms with van der Waals surface area (Å²) in [6, 6.07) is -0.477. The number of hydrogen-bond donors (Lipinski definition) is 2. The van der Waals surface area contributed by atoms with E-state index in [0.717, 1.165) is 6.54 Å². The number of nitrogens with zero attached hydrogens (tertiary/aromatic N) is 1. The Hall–Kier alpha value is -1.18. The van der Waals surface area contributed by atoms with Crippen LogP contribution in [-0.2, 0) is 19.1 Å². The molecule has 2 saturated heterocycles. The smallest absolute Gasteiger partial charge is 0.245 e. The number of likely N-dealkylation sites (N-methyl/N-ethyl adjacent to an activating group) is 1. The van der Waals surface area contributed by atoms with Crippen LogP contribution < -0.4 is 10.6 Å². The van der Waals surface area contributed by atoms with Gasteiger partial charge in [0, 0.05) is 32.1 Å². The Morgan fingerprint density at radius 2 is 2.10 bits per heavy atom. The standard InChI is InChI=1S/C13H23N3O4/c1-2-14-13(18)11-9-20-6-4-16(11)12(17)7-10-8-19-5-3-15-10/h10-11,15H,2-9H2,1H3,(H,14,18). The van der Waals surface area contributed by atoms with Gasteiger partial charge in [0.2, 0.25) is 11.8 Å². The third kappa shape index (κ3) is 3.91. The van der Waals surface area contributed by atoms with Gasteiger partial charge in [-0.05, 0) is 6.92 Å². The van der Waals surface area contributed by atoms with Crippen molar-refractivity contribution in [3.8, 4) is 0 Å². The number of ether oxygens (including phenoxy) is 2. The highest BCUT2D eigenvalue weighted by Gasteiger charge is 2.33. The van der Waals surface area contributed by atoms with Crippen molar-refractivity contribution in [3.63, 3.8) is 0 Å². The van der Waals surface area contributed by atoms with Gasteiger partial charge in [-0.3, -0.25) is 9.59 Å². The summed E-state index contributed by atoms with van der Waals surface area (Å²) in [6.07, 6.45) is 0.357. The zero-order valence-corrected chi connectivity index (χ0v) is 11.9. The Morgan fingerprint density at radius 3 is 2.80 bits per heavy atom. The SMILES string of the molecule is CCNC(=O)C1COCCN1C(=O)CC1COCCN1. The molecular weight excluding hydrogens is 262 g/mol. The normalized spacial score (nSPS) is 27.1. The third-order valence-corrected chi connectivity index (χ3v) is 3.52. The molecule has 2 aliphatic rings. The Balaban J connectivity index is 1.92. The number of nitrogens with one attached hydrogen (secondary N) is 2. The Morgan fingerprint density at radius 1 is 1.30 bits per heavy atom. The van der Waals surface area contributed by atoms with E-state index in [4.69, 9.17) is 9.47 Å². The summed E-state index contributed by atoms with van der Waals surface area (Å²) in [4.78, 5) is 26.0. The van der Waals surface area contributed by atoms with Gasteiger partial charge in [0.15, 0.2) is 0 Å². The van der Waals surface area contributed by atoms with Crippen LogP contribution in [0.15, 0.2) is 0 Å². The van der Waals surface area contributed by atoms with Crippen LogP contribution in [0.4, 0.5) is 0 Å². The minimum atomic E-state index is -0.513. The van der Waals surface area contributed by atoms with Crippen molar-refractivity contribution in [2.75, 3.05) is 46.1 Å². The van der Waals surface area contributed by atoms with E-state index in [2.05, 4.69) is 10.6 Å². The van der Waals surface area contributed by atoms with Crippen molar-refractivity contribution in [2.24, 2.45) is 0 Å². The molecule has 2 rings (SSSR count). The largest absolute Gasteiger partial charge is 0.378 e. The zero-order chi connectivity index (χ0) is 14.4. The summed E-state index contributed by atoms with van der Waals surface area (Å²) < 4.78 is 10.7. The number of carbonyl (C=O) groups excluding carboxylic acids is 2. The molecule has 0 bridgehead atoms. The first-order valence-corrected chi connectivity index (χ1v) is 7.18. The lowest BCUT2D eigenvalue weighted by Crippen LogP contribution is -2.57. The molecular formula is C13H23N3O4. The molecule has 2 amide bonds. The van der Waals surface area contributed by atoms with E-state index in [1.54, 1.807) is 4.90 Å². The molecule has 0 aromatic heterocycles. The predicted molar refractivity (Wildman–Crippen MR) is 72.2 cm³/mol. The van der Waals surface area contributed by atoms with Crippen LogP contribution in [0.25, 0.3) is 0 Å². The molecule has 0 aliphatic carbocycles. The van der Waals surface area contributed by atoms with E-state index in [1.165, 1.54) is 0 Å². The van der Waals surface area contributed by atoms with Crippen LogP contribution in [0.2, 0.25) is 0 Å². The van der Waals surface area contributed by atoms with Crippen molar-refractivity contribution in [1.82, 2.24) is 15.5 Å². The van der Waals surface area contributed by atoms with Crippen molar-refractivity contribution in [1.29, 1.82) is 0 Å². The lowest BCUT2D eigenvalue weighted by molar-refractivity contribution is -0.149. The van der Waals surface area contributed by atoms with Crippen LogP contribution in [0, 0.1) is 0 Å². The average Bonchev–Trinajstić information content (AvgIpc) is 2.48. The van der Waals surface area contributed by atoms with Gasteiger partial charge in [-0.1, -0.05) is 0 Å². The lowest BCUT2D eigenvalue weighted by Gasteiger charge is -2.35. The van der Waals surface area contributed by atoms with E-state index in [-0.39, 0.29) is 24.5 Å². The molecule has 2 N–H and O–H groups in total. The first kappa shape index (κ1) is 15.2. The topological polar surface area (TPSA) is 79.9 Å². The molecule has 2 fully saturated rings. The van der Waals surface area contributed by atoms with Gasteiger partial charge in [0.1, 0.15) is 6.04 Å². The van der Waals surface area contributed by atoms with E-state index >= 15 is 0 Å². The fourth-order valence-corrected chi connectivity index (χ4v) is 2.49. The van der Waals surface area contributed by atoms with Crippen molar-refractivity contribution in [2.45, 2.75) is 25.4 Å². The van der Waals surface area contributed by atoms with Gasteiger partial charge in [-0.15, -0.1) is 0 Å². The summed E-state index contributed by atoms with van der Waals surface area (Å²) in [5.74, 6) is -0.166. The number of amides is 2. The minimum Gasteiger partial charge on any atom is -0.378 e. The summed E-state index contributed by atoms with van der Waals surface area (Å²) in [5.41, 5.74) is 0. The summed E-state index contributed by atoms with van der Waals surface area (Å²) in [5, 5.41) is 6.00. The molecule has 7 nitrogen and oxygen atoms in total. The first-order valence-electron chi connectivity index (χ1n) is 7.18. The van der Waals surface area contributed by atoms with Crippen molar-refractivity contribution < 1.29 is 19.1 Å². The van der Waals surface area contributed by atoms with E-state index in [1.807, 2.05) is 6.92 Å². The van der Waals surface area contributed by atoms with Gasteiger partial charge in [0.25, 0.3) is 0 Å². The first-order chi connectivity index (χ1) is 9.72. The minimum absolute atomic E-state index is 0.0208. The fourth-order valence-electron chi connectivity index (χ4n) is 2.49. The molecule has 20 heavy (non-hydrogen) atoms. The van der Waals surface area contributed by atoms with Crippen LogP contribution in [-0.4, -0.2) is 74.9 Å². The molecule has 7 heteroatoms. The predicted octanol–water partition coefficient (Wildman–Crippen LogP) is -1.27. The average molecular weight is 285 g/mol. The number of carbonyl (C=O) groups is 2. The van der Waals surface area contributed by atoms with E-state index < -0.39 is 6.04 Å². The molecule has 0 aromatic rings.